The average Bonchev–Trinajstić information content (AvgIpc) is 3.21. The van der Waals surface area contributed by atoms with Crippen molar-refractivity contribution in [1.29, 1.82) is 0 Å². The van der Waals surface area contributed by atoms with Gasteiger partial charge in [0.1, 0.15) is 17.2 Å². The lowest BCUT2D eigenvalue weighted by Crippen LogP contribution is -2.43. The number of fused-ring (bicyclic) bond motifs is 3. The van der Waals surface area contributed by atoms with Crippen molar-refractivity contribution in [3.8, 4) is 11.1 Å². The van der Waals surface area contributed by atoms with E-state index in [2.05, 4.69) is 5.32 Å². The lowest BCUT2D eigenvalue weighted by molar-refractivity contribution is -0.138. The van der Waals surface area contributed by atoms with Gasteiger partial charge in [0.15, 0.2) is 5.78 Å². The van der Waals surface area contributed by atoms with Crippen LogP contribution in [0.2, 0.25) is 0 Å². The van der Waals surface area contributed by atoms with Crippen molar-refractivity contribution in [2.24, 2.45) is 0 Å². The molecule has 4 rings (SSSR count). The molecule has 0 heterocycles. The van der Waals surface area contributed by atoms with E-state index in [-0.39, 0.29) is 24.1 Å². The summed E-state index contributed by atoms with van der Waals surface area (Å²) in [5.41, 5.74) is 4.95. The number of ketones is 1. The Morgan fingerprint density at radius 1 is 0.914 bits per heavy atom. The number of hydrogen-bond acceptors (Lipinski definition) is 6. The van der Waals surface area contributed by atoms with Crippen LogP contribution in [0.1, 0.15) is 27.4 Å². The summed E-state index contributed by atoms with van der Waals surface area (Å²) >= 11 is 2.53. The van der Waals surface area contributed by atoms with Gasteiger partial charge in [-0.25, -0.2) is 9.59 Å². The van der Waals surface area contributed by atoms with Gasteiger partial charge in [-0.1, -0.05) is 78.9 Å². The number of carbonyl (C=O) groups is 3. The van der Waals surface area contributed by atoms with E-state index in [1.165, 1.54) is 23.5 Å². The molecule has 1 unspecified atom stereocenters. The molecule has 6 nitrogen and oxygen atoms in total. The third-order valence-electron chi connectivity index (χ3n) is 5.83. The Morgan fingerprint density at radius 3 is 2.06 bits per heavy atom. The minimum absolute atomic E-state index is 0.0314. The van der Waals surface area contributed by atoms with Crippen LogP contribution in [0, 0.1) is 0 Å². The molecule has 8 heteroatoms. The van der Waals surface area contributed by atoms with Gasteiger partial charge < -0.3 is 15.2 Å². The van der Waals surface area contributed by atoms with Crippen LogP contribution in [-0.2, 0) is 9.53 Å². The SMILES string of the molecule is CSC(SC[C@H](NC(=O)OCC1c2ccccc2-c2ccccc21)C(=O)O)C(=O)c1ccccc1. The molecule has 1 amide bonds. The highest BCUT2D eigenvalue weighted by Crippen LogP contribution is 2.44. The second-order valence-electron chi connectivity index (χ2n) is 7.99. The van der Waals surface area contributed by atoms with Crippen molar-refractivity contribution < 1.29 is 24.2 Å². The molecule has 0 fully saturated rings. The van der Waals surface area contributed by atoms with Gasteiger partial charge in [-0.3, -0.25) is 4.79 Å². The van der Waals surface area contributed by atoms with Crippen LogP contribution < -0.4 is 5.32 Å². The molecule has 1 aliphatic rings. The molecule has 2 atom stereocenters. The summed E-state index contributed by atoms with van der Waals surface area (Å²) in [5, 5.41) is 12.1. The van der Waals surface area contributed by atoms with E-state index < -0.39 is 22.7 Å². The first-order chi connectivity index (χ1) is 17.0. The molecule has 0 radical (unpaired) electrons. The zero-order valence-electron chi connectivity index (χ0n) is 19.0. The van der Waals surface area contributed by atoms with E-state index in [1.807, 2.05) is 54.6 Å². The van der Waals surface area contributed by atoms with Gasteiger partial charge in [0.2, 0.25) is 0 Å². The summed E-state index contributed by atoms with van der Waals surface area (Å²) in [6.07, 6.45) is 1.00. The lowest BCUT2D eigenvalue weighted by Gasteiger charge is -2.19. The number of aliphatic carboxylic acids is 1. The van der Waals surface area contributed by atoms with E-state index in [4.69, 9.17) is 4.74 Å². The summed E-state index contributed by atoms with van der Waals surface area (Å²) < 4.78 is 4.99. The monoisotopic (exact) mass is 507 g/mol. The van der Waals surface area contributed by atoms with E-state index in [0.29, 0.717) is 5.56 Å². The Labute approximate surface area is 212 Å². The molecule has 0 saturated carbocycles. The number of ether oxygens (including phenoxy) is 1. The Morgan fingerprint density at radius 2 is 1.49 bits per heavy atom. The zero-order valence-corrected chi connectivity index (χ0v) is 20.7. The van der Waals surface area contributed by atoms with Crippen LogP contribution in [0.4, 0.5) is 4.79 Å². The third kappa shape index (κ3) is 5.71. The first kappa shape index (κ1) is 24.9. The molecule has 0 aliphatic heterocycles. The quantitative estimate of drug-likeness (QED) is 0.285. The summed E-state index contributed by atoms with van der Waals surface area (Å²) in [6.45, 7) is 0.0965. The van der Waals surface area contributed by atoms with Crippen molar-refractivity contribution >= 4 is 41.4 Å². The molecular formula is C27H25NO5S2. The normalized spacial score (nSPS) is 13.9. The molecular weight excluding hydrogens is 482 g/mol. The first-order valence-corrected chi connectivity index (χ1v) is 13.4. The van der Waals surface area contributed by atoms with Gasteiger partial charge in [-0.15, -0.1) is 23.5 Å². The summed E-state index contributed by atoms with van der Waals surface area (Å²) in [6, 6.07) is 23.7. The molecule has 0 spiro atoms. The Bertz CT molecular complexity index is 1170. The highest BCUT2D eigenvalue weighted by molar-refractivity contribution is 8.17. The molecule has 3 aromatic rings. The van der Waals surface area contributed by atoms with Crippen LogP contribution in [0.5, 0.6) is 0 Å². The van der Waals surface area contributed by atoms with E-state index in [0.717, 1.165) is 22.3 Å². The van der Waals surface area contributed by atoms with Gasteiger partial charge in [0.25, 0.3) is 0 Å². The van der Waals surface area contributed by atoms with Gasteiger partial charge in [-0.05, 0) is 28.5 Å². The van der Waals surface area contributed by atoms with Crippen LogP contribution in [0.25, 0.3) is 11.1 Å². The van der Waals surface area contributed by atoms with Gasteiger partial charge in [-0.2, -0.15) is 0 Å². The average molecular weight is 508 g/mol. The summed E-state index contributed by atoms with van der Waals surface area (Å²) in [5.74, 6) is -1.36. The molecule has 180 valence electrons. The van der Waals surface area contributed by atoms with Crippen LogP contribution in [0.3, 0.4) is 0 Å². The minimum Gasteiger partial charge on any atom is -0.480 e. The maximum atomic E-state index is 12.7. The number of carboxylic acids is 1. The number of carbonyl (C=O) groups excluding carboxylic acids is 2. The number of rotatable bonds is 10. The first-order valence-electron chi connectivity index (χ1n) is 11.1. The number of hydrogen-bond donors (Lipinski definition) is 2. The number of thioether (sulfide) groups is 2. The molecule has 3 aromatic carbocycles. The maximum Gasteiger partial charge on any atom is 0.407 e. The Kier molecular flexibility index (Phi) is 8.15. The standard InChI is InChI=1S/C27H25NO5S2/c1-34-26(24(29)17-9-3-2-4-10-17)35-16-23(25(30)31)28-27(32)33-15-22-20-13-7-5-11-18(20)19-12-6-8-14-21(19)22/h2-14,22-23,26H,15-16H2,1H3,(H,28,32)(H,30,31)/t23-,26?/m0/s1. The van der Waals surface area contributed by atoms with Crippen molar-refractivity contribution in [2.45, 2.75) is 16.5 Å². The number of benzene rings is 3. The summed E-state index contributed by atoms with van der Waals surface area (Å²) in [7, 11) is 0. The van der Waals surface area contributed by atoms with Crippen molar-refractivity contribution in [1.82, 2.24) is 5.32 Å². The fourth-order valence-corrected chi connectivity index (χ4v) is 6.14. The van der Waals surface area contributed by atoms with Gasteiger partial charge in [0, 0.05) is 17.2 Å². The molecule has 0 saturated heterocycles. The number of nitrogens with one attached hydrogen (secondary N) is 1. The number of amides is 1. The zero-order chi connectivity index (χ0) is 24.8. The number of alkyl carbamates (subject to hydrolysis) is 1. The molecule has 35 heavy (non-hydrogen) atoms. The highest BCUT2D eigenvalue weighted by atomic mass is 32.2. The Hall–Kier alpha value is -3.23. The van der Waals surface area contributed by atoms with Crippen molar-refractivity contribution in [3.05, 3.63) is 95.6 Å². The third-order valence-corrected chi connectivity index (χ3v) is 8.51. The van der Waals surface area contributed by atoms with Crippen molar-refractivity contribution in [2.75, 3.05) is 18.6 Å². The van der Waals surface area contributed by atoms with E-state index >= 15 is 0 Å². The smallest absolute Gasteiger partial charge is 0.407 e. The largest absolute Gasteiger partial charge is 0.480 e. The highest BCUT2D eigenvalue weighted by Gasteiger charge is 2.30. The van der Waals surface area contributed by atoms with Crippen LogP contribution in [0.15, 0.2) is 78.9 Å². The van der Waals surface area contributed by atoms with Gasteiger partial charge >= 0.3 is 12.1 Å². The van der Waals surface area contributed by atoms with E-state index in [1.54, 1.807) is 30.5 Å². The second kappa shape index (κ2) is 11.5. The van der Waals surface area contributed by atoms with Crippen molar-refractivity contribution in [3.63, 3.8) is 0 Å². The molecule has 0 aromatic heterocycles. The minimum atomic E-state index is -1.19. The second-order valence-corrected chi connectivity index (χ2v) is 10.4. The van der Waals surface area contributed by atoms with Gasteiger partial charge in [0.05, 0.1) is 0 Å². The molecule has 1 aliphatic carbocycles. The maximum absolute atomic E-state index is 12.7. The number of Topliss-reactive ketones (excluding diaryl/α,β-unsaturated/α-hetero) is 1. The van der Waals surface area contributed by atoms with Crippen LogP contribution in [-0.4, -0.2) is 52.2 Å². The fourth-order valence-electron chi connectivity index (χ4n) is 4.13. The Balaban J connectivity index is 1.36. The molecule has 0 bridgehead atoms. The predicted octanol–water partition coefficient (Wildman–Crippen LogP) is 5.28. The summed E-state index contributed by atoms with van der Waals surface area (Å²) in [4.78, 5) is 37.0. The topological polar surface area (TPSA) is 92.7 Å². The fraction of sp³-hybridized carbons (Fsp3) is 0.222. The lowest BCUT2D eigenvalue weighted by atomic mass is 9.98. The van der Waals surface area contributed by atoms with Crippen LogP contribution >= 0.6 is 23.5 Å². The predicted molar refractivity (Wildman–Crippen MR) is 140 cm³/mol. The van der Waals surface area contributed by atoms with E-state index in [9.17, 15) is 19.5 Å². The number of carboxylic acid groups (broad SMARTS) is 1. The molecule has 2 N–H and O–H groups in total.